The second-order valence-corrected chi connectivity index (χ2v) is 5.51. The first kappa shape index (κ1) is 13.5. The first-order valence-corrected chi connectivity index (χ1v) is 7.18. The van der Waals surface area contributed by atoms with Crippen LogP contribution < -0.4 is 10.6 Å². The van der Waals surface area contributed by atoms with Crippen LogP contribution in [0, 0.1) is 6.92 Å². The smallest absolute Gasteiger partial charge is 0.237 e. The number of nitrogens with zero attached hydrogens (tertiary/aromatic N) is 2. The number of thiazole rings is 1. The highest BCUT2D eigenvalue weighted by molar-refractivity contribution is 7.09. The van der Waals surface area contributed by atoms with Gasteiger partial charge in [0.05, 0.1) is 12.6 Å². The first-order chi connectivity index (χ1) is 8.66. The molecule has 1 aliphatic heterocycles. The average molecular weight is 268 g/mol. The van der Waals surface area contributed by atoms with Crippen molar-refractivity contribution in [1.82, 2.24) is 20.5 Å². The van der Waals surface area contributed by atoms with Gasteiger partial charge in [0, 0.05) is 37.3 Å². The van der Waals surface area contributed by atoms with Crippen molar-refractivity contribution in [3.8, 4) is 0 Å². The summed E-state index contributed by atoms with van der Waals surface area (Å²) in [5.74, 6) is 0.0877. The predicted octanol–water partition coefficient (Wildman–Crippen LogP) is 0.361. The fourth-order valence-electron chi connectivity index (χ4n) is 2.03. The van der Waals surface area contributed by atoms with Gasteiger partial charge in [0.15, 0.2) is 0 Å². The Morgan fingerprint density at radius 2 is 2.33 bits per heavy atom. The lowest BCUT2D eigenvalue weighted by atomic mass is 10.2. The molecular formula is C12H20N4OS. The lowest BCUT2D eigenvalue weighted by molar-refractivity contribution is -0.126. The number of hydrogen-bond acceptors (Lipinski definition) is 5. The number of piperazine rings is 1. The van der Waals surface area contributed by atoms with Crippen LogP contribution in [-0.2, 0) is 11.3 Å². The van der Waals surface area contributed by atoms with Crippen LogP contribution in [0.25, 0.3) is 0 Å². The molecule has 0 spiro atoms. The topological polar surface area (TPSA) is 57.3 Å². The Labute approximate surface area is 112 Å². The van der Waals surface area contributed by atoms with E-state index in [2.05, 4.69) is 20.5 Å². The Bertz CT molecular complexity index is 401. The number of carbonyl (C=O) groups is 1. The number of amides is 1. The number of aryl methyl sites for hydroxylation is 1. The van der Waals surface area contributed by atoms with Gasteiger partial charge in [-0.1, -0.05) is 0 Å². The number of aromatic nitrogens is 1. The van der Waals surface area contributed by atoms with Gasteiger partial charge in [0.2, 0.25) is 5.91 Å². The van der Waals surface area contributed by atoms with E-state index in [0.717, 1.165) is 36.9 Å². The molecule has 2 heterocycles. The third-order valence-corrected chi connectivity index (χ3v) is 4.13. The van der Waals surface area contributed by atoms with Crippen LogP contribution in [0.2, 0.25) is 0 Å². The summed E-state index contributed by atoms with van der Waals surface area (Å²) in [6, 6.07) is -0.0619. The van der Waals surface area contributed by atoms with E-state index in [-0.39, 0.29) is 11.9 Å². The third-order valence-electron chi connectivity index (χ3n) is 3.16. The molecule has 100 valence electrons. The summed E-state index contributed by atoms with van der Waals surface area (Å²) in [5.41, 5.74) is 1.01. The van der Waals surface area contributed by atoms with Crippen LogP contribution in [0.4, 0.5) is 0 Å². The van der Waals surface area contributed by atoms with E-state index in [4.69, 9.17) is 0 Å². The van der Waals surface area contributed by atoms with Crippen LogP contribution in [0.15, 0.2) is 5.38 Å². The molecule has 1 aromatic rings. The molecule has 1 aromatic heterocycles. The molecule has 0 radical (unpaired) electrons. The monoisotopic (exact) mass is 268 g/mol. The van der Waals surface area contributed by atoms with Crippen LogP contribution >= 0.6 is 11.3 Å². The molecule has 1 unspecified atom stereocenters. The second kappa shape index (κ2) is 6.26. The predicted molar refractivity (Wildman–Crippen MR) is 72.6 cm³/mol. The van der Waals surface area contributed by atoms with Crippen LogP contribution in [-0.4, -0.2) is 48.0 Å². The maximum atomic E-state index is 12.0. The zero-order chi connectivity index (χ0) is 13.0. The van der Waals surface area contributed by atoms with Crippen molar-refractivity contribution < 1.29 is 4.79 Å². The van der Waals surface area contributed by atoms with Crippen LogP contribution in [0.5, 0.6) is 0 Å². The Balaban J connectivity index is 1.79. The molecule has 1 aliphatic rings. The number of rotatable bonds is 4. The fourth-order valence-corrected chi connectivity index (χ4v) is 2.74. The van der Waals surface area contributed by atoms with Crippen molar-refractivity contribution in [2.45, 2.75) is 26.4 Å². The van der Waals surface area contributed by atoms with Gasteiger partial charge >= 0.3 is 0 Å². The van der Waals surface area contributed by atoms with Gasteiger partial charge in [0.25, 0.3) is 0 Å². The van der Waals surface area contributed by atoms with Crippen molar-refractivity contribution in [1.29, 1.82) is 0 Å². The quantitative estimate of drug-likeness (QED) is 0.828. The molecule has 18 heavy (non-hydrogen) atoms. The highest BCUT2D eigenvalue weighted by Gasteiger charge is 2.22. The van der Waals surface area contributed by atoms with Crippen LogP contribution in [0.3, 0.4) is 0 Å². The summed E-state index contributed by atoms with van der Waals surface area (Å²) in [4.78, 5) is 18.6. The first-order valence-electron chi connectivity index (χ1n) is 6.30. The Hall–Kier alpha value is -0.980. The normalized spacial score (nSPS) is 18.6. The summed E-state index contributed by atoms with van der Waals surface area (Å²) >= 11 is 1.59. The number of carbonyl (C=O) groups excluding carboxylic acids is 1. The molecule has 1 saturated heterocycles. The standard InChI is InChI=1S/C12H20N4OS/c1-9-8-18-11(15-9)7-14-12(17)10(2)16-5-3-13-4-6-16/h8,10,13H,3-7H2,1-2H3,(H,14,17). The highest BCUT2D eigenvalue weighted by Crippen LogP contribution is 2.08. The van der Waals surface area contributed by atoms with E-state index in [1.165, 1.54) is 0 Å². The molecular weight excluding hydrogens is 248 g/mol. The highest BCUT2D eigenvalue weighted by atomic mass is 32.1. The van der Waals surface area contributed by atoms with Crippen molar-refractivity contribution in [3.05, 3.63) is 16.1 Å². The van der Waals surface area contributed by atoms with Gasteiger partial charge in [-0.2, -0.15) is 0 Å². The fraction of sp³-hybridized carbons (Fsp3) is 0.667. The summed E-state index contributed by atoms with van der Waals surface area (Å²) in [6.45, 7) is 8.26. The number of nitrogens with one attached hydrogen (secondary N) is 2. The van der Waals surface area contributed by atoms with Gasteiger partial charge in [0.1, 0.15) is 5.01 Å². The van der Waals surface area contributed by atoms with E-state index < -0.39 is 0 Å². The molecule has 0 aromatic carbocycles. The molecule has 6 heteroatoms. The van der Waals surface area contributed by atoms with E-state index in [1.54, 1.807) is 11.3 Å². The van der Waals surface area contributed by atoms with Gasteiger partial charge in [-0.25, -0.2) is 4.98 Å². The summed E-state index contributed by atoms with van der Waals surface area (Å²) in [6.07, 6.45) is 0. The van der Waals surface area contributed by atoms with Crippen molar-refractivity contribution in [3.63, 3.8) is 0 Å². The Kier molecular flexibility index (Phi) is 4.68. The van der Waals surface area contributed by atoms with Gasteiger partial charge in [-0.15, -0.1) is 11.3 Å². The van der Waals surface area contributed by atoms with Crippen LogP contribution in [0.1, 0.15) is 17.6 Å². The maximum Gasteiger partial charge on any atom is 0.237 e. The summed E-state index contributed by atoms with van der Waals surface area (Å²) in [5, 5.41) is 9.21. The molecule has 1 atom stereocenters. The third kappa shape index (κ3) is 3.51. The zero-order valence-corrected chi connectivity index (χ0v) is 11.7. The molecule has 2 rings (SSSR count). The SMILES string of the molecule is Cc1csc(CNC(=O)C(C)N2CCNCC2)n1. The van der Waals surface area contributed by atoms with E-state index in [9.17, 15) is 4.79 Å². The lowest BCUT2D eigenvalue weighted by Gasteiger charge is -2.31. The molecule has 2 N–H and O–H groups in total. The minimum absolute atomic E-state index is 0.0619. The van der Waals surface area contributed by atoms with Crippen molar-refractivity contribution >= 4 is 17.2 Å². The molecule has 0 aliphatic carbocycles. The van der Waals surface area contributed by atoms with Gasteiger partial charge in [-0.05, 0) is 13.8 Å². The van der Waals surface area contributed by atoms with Crippen molar-refractivity contribution in [2.24, 2.45) is 0 Å². The zero-order valence-electron chi connectivity index (χ0n) is 10.9. The second-order valence-electron chi connectivity index (χ2n) is 4.56. The average Bonchev–Trinajstić information content (AvgIpc) is 2.82. The van der Waals surface area contributed by atoms with Gasteiger partial charge < -0.3 is 10.6 Å². The largest absolute Gasteiger partial charge is 0.348 e. The van der Waals surface area contributed by atoms with Crippen molar-refractivity contribution in [2.75, 3.05) is 26.2 Å². The Morgan fingerprint density at radius 3 is 2.94 bits per heavy atom. The minimum Gasteiger partial charge on any atom is -0.348 e. The van der Waals surface area contributed by atoms with Gasteiger partial charge in [-0.3, -0.25) is 9.69 Å². The lowest BCUT2D eigenvalue weighted by Crippen LogP contribution is -2.52. The van der Waals surface area contributed by atoms with E-state index >= 15 is 0 Å². The molecule has 5 nitrogen and oxygen atoms in total. The molecule has 0 saturated carbocycles. The molecule has 1 fully saturated rings. The van der Waals surface area contributed by atoms with E-state index in [0.29, 0.717) is 6.54 Å². The minimum atomic E-state index is -0.0619. The summed E-state index contributed by atoms with van der Waals surface area (Å²) in [7, 11) is 0. The maximum absolute atomic E-state index is 12.0. The number of hydrogen-bond donors (Lipinski definition) is 2. The molecule has 0 bridgehead atoms. The van der Waals surface area contributed by atoms with E-state index in [1.807, 2.05) is 19.2 Å². The molecule has 1 amide bonds. The summed E-state index contributed by atoms with van der Waals surface area (Å²) < 4.78 is 0. The Morgan fingerprint density at radius 1 is 1.61 bits per heavy atom.